The van der Waals surface area contributed by atoms with Gasteiger partial charge in [0.1, 0.15) is 0 Å². The highest BCUT2D eigenvalue weighted by Gasteiger charge is 2.22. The zero-order valence-corrected chi connectivity index (χ0v) is 11.2. The van der Waals surface area contributed by atoms with Crippen molar-refractivity contribution >= 4 is 10.0 Å². The molecule has 1 rings (SSSR count). The van der Waals surface area contributed by atoms with Crippen LogP contribution in [-0.2, 0) is 10.0 Å². The topological polar surface area (TPSA) is 81.4 Å². The van der Waals surface area contributed by atoms with Gasteiger partial charge in [-0.25, -0.2) is 8.42 Å². The van der Waals surface area contributed by atoms with Crippen LogP contribution < -0.4 is 0 Å². The lowest BCUT2D eigenvalue weighted by molar-refractivity contribution is 0.257. The van der Waals surface area contributed by atoms with E-state index < -0.39 is 10.0 Å². The van der Waals surface area contributed by atoms with Crippen molar-refractivity contribution in [3.8, 4) is 6.07 Å². The second-order valence-corrected chi connectivity index (χ2v) is 5.75. The summed E-state index contributed by atoms with van der Waals surface area (Å²) in [5.74, 6) is 0. The molecule has 0 unspecified atom stereocenters. The number of likely N-dealkylation sites (N-methyl/N-ethyl adjacent to an activating group) is 1. The van der Waals surface area contributed by atoms with Gasteiger partial charge in [-0.15, -0.1) is 0 Å². The highest BCUT2D eigenvalue weighted by atomic mass is 32.2. The van der Waals surface area contributed by atoms with Crippen LogP contribution >= 0.6 is 0 Å². The summed E-state index contributed by atoms with van der Waals surface area (Å²) in [5.41, 5.74) is 1.08. The smallest absolute Gasteiger partial charge is 0.243 e. The Kier molecular flexibility index (Phi) is 4.84. The zero-order valence-electron chi connectivity index (χ0n) is 10.4. The maximum Gasteiger partial charge on any atom is 0.243 e. The molecule has 0 aliphatic heterocycles. The van der Waals surface area contributed by atoms with Crippen LogP contribution in [-0.4, -0.2) is 37.5 Å². The van der Waals surface area contributed by atoms with Crippen LogP contribution in [0.5, 0.6) is 0 Å². The Hall–Kier alpha value is -1.42. The third-order valence-corrected chi connectivity index (χ3v) is 4.63. The van der Waals surface area contributed by atoms with Gasteiger partial charge in [-0.3, -0.25) is 0 Å². The molecule has 5 nitrogen and oxygen atoms in total. The molecule has 0 bridgehead atoms. The molecule has 0 heterocycles. The van der Waals surface area contributed by atoms with Crippen LogP contribution in [0, 0.1) is 18.3 Å². The molecule has 0 aliphatic rings. The Bertz CT molecular complexity index is 561. The Morgan fingerprint density at radius 1 is 1.44 bits per heavy atom. The monoisotopic (exact) mass is 268 g/mol. The fraction of sp³-hybridized carbons (Fsp3) is 0.417. The SMILES string of the molecule is CCN(CCO)S(=O)(=O)c1ccc(C#N)c(C)c1. The third-order valence-electron chi connectivity index (χ3n) is 2.66. The van der Waals surface area contributed by atoms with E-state index in [0.717, 1.165) is 0 Å². The normalized spacial score (nSPS) is 11.5. The fourth-order valence-corrected chi connectivity index (χ4v) is 3.16. The van der Waals surface area contributed by atoms with Gasteiger partial charge >= 0.3 is 0 Å². The lowest BCUT2D eigenvalue weighted by atomic mass is 10.1. The predicted molar refractivity (Wildman–Crippen MR) is 67.4 cm³/mol. The molecule has 0 amide bonds. The Morgan fingerprint density at radius 2 is 2.11 bits per heavy atom. The summed E-state index contributed by atoms with van der Waals surface area (Å²) in [7, 11) is -3.60. The number of hydrogen-bond donors (Lipinski definition) is 1. The Morgan fingerprint density at radius 3 is 2.56 bits per heavy atom. The summed E-state index contributed by atoms with van der Waals surface area (Å²) in [5, 5.41) is 17.7. The molecule has 0 aromatic heterocycles. The molecule has 0 saturated carbocycles. The van der Waals surface area contributed by atoms with Gasteiger partial charge in [0.25, 0.3) is 0 Å². The molecule has 0 radical (unpaired) electrons. The van der Waals surface area contributed by atoms with Crippen LogP contribution in [0.4, 0.5) is 0 Å². The van der Waals surface area contributed by atoms with Crippen LogP contribution in [0.1, 0.15) is 18.1 Å². The van der Waals surface area contributed by atoms with Crippen molar-refractivity contribution in [1.29, 1.82) is 5.26 Å². The first kappa shape index (κ1) is 14.6. The average molecular weight is 268 g/mol. The van der Waals surface area contributed by atoms with Crippen molar-refractivity contribution in [2.24, 2.45) is 0 Å². The summed E-state index contributed by atoms with van der Waals surface area (Å²) in [6.45, 7) is 3.55. The number of hydrogen-bond acceptors (Lipinski definition) is 4. The summed E-state index contributed by atoms with van der Waals surface area (Å²) in [6, 6.07) is 6.39. The molecule has 1 aromatic rings. The van der Waals surface area contributed by atoms with Gasteiger partial charge in [0.05, 0.1) is 23.1 Å². The summed E-state index contributed by atoms with van der Waals surface area (Å²) in [4.78, 5) is 0.148. The maximum atomic E-state index is 12.2. The second-order valence-electron chi connectivity index (χ2n) is 3.81. The standard InChI is InChI=1S/C12H16N2O3S/c1-3-14(6-7-15)18(16,17)12-5-4-11(9-13)10(2)8-12/h4-5,8,15H,3,6-7H2,1-2H3. The Labute approximate surface area is 107 Å². The van der Waals surface area contributed by atoms with E-state index in [1.54, 1.807) is 13.8 Å². The number of aliphatic hydroxyl groups excluding tert-OH is 1. The van der Waals surface area contributed by atoms with E-state index in [4.69, 9.17) is 10.4 Å². The molecule has 0 saturated heterocycles. The Balaban J connectivity index is 3.21. The minimum absolute atomic E-state index is 0.0673. The van der Waals surface area contributed by atoms with Crippen LogP contribution in [0.25, 0.3) is 0 Å². The molecule has 0 fully saturated rings. The number of aliphatic hydroxyl groups is 1. The van der Waals surface area contributed by atoms with Gasteiger partial charge in [0.15, 0.2) is 0 Å². The molecule has 0 atom stereocenters. The molecule has 98 valence electrons. The number of nitrogens with zero attached hydrogens (tertiary/aromatic N) is 2. The number of aryl methyl sites for hydroxylation is 1. The van der Waals surface area contributed by atoms with E-state index in [9.17, 15) is 8.42 Å². The van der Waals surface area contributed by atoms with Crippen molar-refractivity contribution in [3.63, 3.8) is 0 Å². The number of sulfonamides is 1. The van der Waals surface area contributed by atoms with E-state index in [0.29, 0.717) is 17.7 Å². The summed E-state index contributed by atoms with van der Waals surface area (Å²) >= 11 is 0. The van der Waals surface area contributed by atoms with Crippen LogP contribution in [0.3, 0.4) is 0 Å². The van der Waals surface area contributed by atoms with Crippen molar-refractivity contribution < 1.29 is 13.5 Å². The third kappa shape index (κ3) is 2.88. The van der Waals surface area contributed by atoms with Crippen molar-refractivity contribution in [2.75, 3.05) is 19.7 Å². The zero-order chi connectivity index (χ0) is 13.8. The van der Waals surface area contributed by atoms with Gasteiger partial charge < -0.3 is 5.11 Å². The van der Waals surface area contributed by atoms with Gasteiger partial charge in [0.2, 0.25) is 10.0 Å². The minimum Gasteiger partial charge on any atom is -0.395 e. The molecule has 0 spiro atoms. The van der Waals surface area contributed by atoms with E-state index in [2.05, 4.69) is 0 Å². The molecular formula is C12H16N2O3S. The molecule has 0 aliphatic carbocycles. The molecular weight excluding hydrogens is 252 g/mol. The van der Waals surface area contributed by atoms with E-state index in [1.165, 1.54) is 22.5 Å². The molecule has 6 heteroatoms. The minimum atomic E-state index is -3.60. The first-order valence-electron chi connectivity index (χ1n) is 5.59. The summed E-state index contributed by atoms with van der Waals surface area (Å²) in [6.07, 6.45) is 0. The van der Waals surface area contributed by atoms with Crippen molar-refractivity contribution in [1.82, 2.24) is 4.31 Å². The van der Waals surface area contributed by atoms with Crippen molar-refractivity contribution in [3.05, 3.63) is 29.3 Å². The average Bonchev–Trinajstić information content (AvgIpc) is 2.35. The lowest BCUT2D eigenvalue weighted by Crippen LogP contribution is -2.33. The number of rotatable bonds is 5. The van der Waals surface area contributed by atoms with E-state index in [1.807, 2.05) is 6.07 Å². The van der Waals surface area contributed by atoms with Gasteiger partial charge in [-0.05, 0) is 30.7 Å². The maximum absolute atomic E-state index is 12.2. The number of benzene rings is 1. The van der Waals surface area contributed by atoms with Gasteiger partial charge in [0, 0.05) is 13.1 Å². The molecule has 1 N–H and O–H groups in total. The lowest BCUT2D eigenvalue weighted by Gasteiger charge is -2.19. The highest BCUT2D eigenvalue weighted by molar-refractivity contribution is 7.89. The molecule has 1 aromatic carbocycles. The summed E-state index contributed by atoms with van der Waals surface area (Å²) < 4.78 is 25.7. The van der Waals surface area contributed by atoms with E-state index >= 15 is 0 Å². The largest absolute Gasteiger partial charge is 0.395 e. The molecule has 18 heavy (non-hydrogen) atoms. The predicted octanol–water partition coefficient (Wildman–Crippen LogP) is 0.870. The first-order valence-corrected chi connectivity index (χ1v) is 7.03. The number of nitriles is 1. The van der Waals surface area contributed by atoms with Crippen molar-refractivity contribution in [2.45, 2.75) is 18.7 Å². The van der Waals surface area contributed by atoms with Crippen LogP contribution in [0.15, 0.2) is 23.1 Å². The fourth-order valence-electron chi connectivity index (χ4n) is 1.63. The van der Waals surface area contributed by atoms with Gasteiger partial charge in [-0.1, -0.05) is 6.92 Å². The van der Waals surface area contributed by atoms with Gasteiger partial charge in [-0.2, -0.15) is 9.57 Å². The van der Waals surface area contributed by atoms with E-state index in [-0.39, 0.29) is 18.0 Å². The second kappa shape index (κ2) is 5.96. The first-order chi connectivity index (χ1) is 8.47. The highest BCUT2D eigenvalue weighted by Crippen LogP contribution is 2.18. The van der Waals surface area contributed by atoms with Crippen LogP contribution in [0.2, 0.25) is 0 Å². The quantitative estimate of drug-likeness (QED) is 0.859.